The second kappa shape index (κ2) is 8.03. The molecule has 1 aromatic heterocycles. The highest BCUT2D eigenvalue weighted by atomic mass is 16.5. The maximum Gasteiger partial charge on any atom is 0.240 e. The summed E-state index contributed by atoms with van der Waals surface area (Å²) in [5.41, 5.74) is 0.458. The molecule has 0 saturated heterocycles. The minimum Gasteiger partial charge on any atom is -0.372 e. The van der Waals surface area contributed by atoms with Gasteiger partial charge >= 0.3 is 0 Å². The first kappa shape index (κ1) is 19.5. The fraction of sp³-hybridized carbons (Fsp3) is 0.421. The number of hydrogen-bond donors (Lipinski definition) is 2. The van der Waals surface area contributed by atoms with Crippen LogP contribution in [0, 0.1) is 12.3 Å². The first-order valence-electron chi connectivity index (χ1n) is 8.69. The Hall–Kier alpha value is -2.83. The molecule has 2 rings (SSSR count). The predicted octanol–water partition coefficient (Wildman–Crippen LogP) is 3.43. The van der Waals surface area contributed by atoms with Crippen molar-refractivity contribution in [3.63, 3.8) is 0 Å². The monoisotopic (exact) mass is 358 g/mol. The van der Waals surface area contributed by atoms with Crippen LogP contribution in [0.3, 0.4) is 0 Å². The van der Waals surface area contributed by atoms with Crippen LogP contribution in [0.2, 0.25) is 0 Å². The molecule has 0 unspecified atom stereocenters. The van der Waals surface area contributed by atoms with Crippen molar-refractivity contribution in [3.8, 4) is 0 Å². The lowest BCUT2D eigenvalue weighted by atomic mass is 9.91. The van der Waals surface area contributed by atoms with E-state index in [1.807, 2.05) is 24.3 Å². The molecular formula is C19H26N4O3. The van der Waals surface area contributed by atoms with Crippen LogP contribution in [0.5, 0.6) is 0 Å². The molecule has 0 aliphatic rings. The van der Waals surface area contributed by atoms with Gasteiger partial charge in [-0.15, -0.1) is 0 Å². The Morgan fingerprint density at radius 3 is 2.15 bits per heavy atom. The van der Waals surface area contributed by atoms with Gasteiger partial charge < -0.3 is 20.1 Å². The van der Waals surface area contributed by atoms with E-state index in [1.165, 1.54) is 0 Å². The minimum absolute atomic E-state index is 0.289. The maximum atomic E-state index is 12.6. The molecule has 2 N–H and O–H groups in total. The second-order valence-electron chi connectivity index (χ2n) is 6.58. The van der Waals surface area contributed by atoms with Crippen LogP contribution in [0.25, 0.3) is 0 Å². The van der Waals surface area contributed by atoms with Gasteiger partial charge in [-0.1, -0.05) is 5.16 Å². The van der Waals surface area contributed by atoms with Crippen molar-refractivity contribution >= 4 is 29.0 Å². The molecule has 0 aliphatic heterocycles. The van der Waals surface area contributed by atoms with E-state index < -0.39 is 17.2 Å². The van der Waals surface area contributed by atoms with E-state index in [0.717, 1.165) is 18.8 Å². The third kappa shape index (κ3) is 4.41. The van der Waals surface area contributed by atoms with Crippen molar-refractivity contribution in [3.05, 3.63) is 36.1 Å². The highest BCUT2D eigenvalue weighted by Crippen LogP contribution is 2.23. The molecule has 0 fully saturated rings. The Morgan fingerprint density at radius 1 is 1.08 bits per heavy atom. The highest BCUT2D eigenvalue weighted by molar-refractivity contribution is 6.13. The molecule has 0 atom stereocenters. The maximum absolute atomic E-state index is 12.6. The summed E-state index contributed by atoms with van der Waals surface area (Å²) in [5, 5.41) is 9.10. The Balaban J connectivity index is 2.03. The molecule has 7 heteroatoms. The van der Waals surface area contributed by atoms with E-state index in [-0.39, 0.29) is 5.82 Å². The zero-order chi connectivity index (χ0) is 19.3. The summed E-state index contributed by atoms with van der Waals surface area (Å²) in [5.74, 6) is 0.0154. The standard InChI is InChI=1S/C19H26N4O3/c1-6-23(7-2)15-10-8-14(9-11-15)20-17(24)19(4,5)18(25)21-16-12-13(3)26-22-16/h8-12H,6-7H2,1-5H3,(H,20,24)(H,21,22,25). The molecule has 0 bridgehead atoms. The van der Waals surface area contributed by atoms with Crippen LogP contribution in [-0.2, 0) is 9.59 Å². The number of nitrogens with one attached hydrogen (secondary N) is 2. The summed E-state index contributed by atoms with van der Waals surface area (Å²) in [6.45, 7) is 10.9. The third-order valence-electron chi connectivity index (χ3n) is 4.26. The Bertz CT molecular complexity index is 761. The van der Waals surface area contributed by atoms with Crippen LogP contribution in [-0.4, -0.2) is 30.1 Å². The Kier molecular flexibility index (Phi) is 6.02. The van der Waals surface area contributed by atoms with Gasteiger partial charge in [-0.05, 0) is 58.9 Å². The van der Waals surface area contributed by atoms with Gasteiger partial charge in [-0.3, -0.25) is 9.59 Å². The van der Waals surface area contributed by atoms with Crippen LogP contribution >= 0.6 is 0 Å². The van der Waals surface area contributed by atoms with E-state index in [4.69, 9.17) is 4.52 Å². The minimum atomic E-state index is -1.27. The summed E-state index contributed by atoms with van der Waals surface area (Å²) in [6.07, 6.45) is 0. The zero-order valence-corrected chi connectivity index (χ0v) is 15.9. The van der Waals surface area contributed by atoms with Crippen LogP contribution in [0.4, 0.5) is 17.2 Å². The molecule has 0 saturated carbocycles. The number of benzene rings is 1. The Morgan fingerprint density at radius 2 is 1.65 bits per heavy atom. The van der Waals surface area contributed by atoms with Gasteiger partial charge in [0, 0.05) is 30.5 Å². The van der Waals surface area contributed by atoms with Gasteiger partial charge in [-0.25, -0.2) is 0 Å². The number of hydrogen-bond acceptors (Lipinski definition) is 5. The predicted molar refractivity (Wildman–Crippen MR) is 102 cm³/mol. The fourth-order valence-corrected chi connectivity index (χ4v) is 2.43. The van der Waals surface area contributed by atoms with Crippen molar-refractivity contribution in [2.24, 2.45) is 5.41 Å². The molecule has 2 aromatic rings. The number of aromatic nitrogens is 1. The lowest BCUT2D eigenvalue weighted by Gasteiger charge is -2.23. The number of amides is 2. The highest BCUT2D eigenvalue weighted by Gasteiger charge is 2.36. The smallest absolute Gasteiger partial charge is 0.240 e. The largest absolute Gasteiger partial charge is 0.372 e. The zero-order valence-electron chi connectivity index (χ0n) is 15.9. The molecular weight excluding hydrogens is 332 g/mol. The molecule has 1 heterocycles. The first-order valence-corrected chi connectivity index (χ1v) is 8.69. The van der Waals surface area contributed by atoms with Crippen molar-refractivity contribution < 1.29 is 14.1 Å². The second-order valence-corrected chi connectivity index (χ2v) is 6.58. The van der Waals surface area contributed by atoms with Gasteiger partial charge in [0.05, 0.1) is 0 Å². The summed E-state index contributed by atoms with van der Waals surface area (Å²) < 4.78 is 4.91. The van der Waals surface area contributed by atoms with E-state index in [1.54, 1.807) is 26.8 Å². The summed E-state index contributed by atoms with van der Waals surface area (Å²) in [4.78, 5) is 27.2. The number of aryl methyl sites for hydroxylation is 1. The van der Waals surface area contributed by atoms with Gasteiger partial charge in [0.1, 0.15) is 11.2 Å². The van der Waals surface area contributed by atoms with Gasteiger partial charge in [0.15, 0.2) is 5.82 Å². The number of rotatable bonds is 7. The molecule has 0 aliphatic carbocycles. The van der Waals surface area contributed by atoms with Crippen LogP contribution in [0.1, 0.15) is 33.5 Å². The molecule has 0 spiro atoms. The number of carbonyl (C=O) groups is 2. The van der Waals surface area contributed by atoms with Crippen molar-refractivity contribution in [1.82, 2.24) is 5.16 Å². The van der Waals surface area contributed by atoms with E-state index in [2.05, 4.69) is 34.5 Å². The van der Waals surface area contributed by atoms with E-state index >= 15 is 0 Å². The number of anilines is 3. The van der Waals surface area contributed by atoms with Crippen molar-refractivity contribution in [1.29, 1.82) is 0 Å². The SMILES string of the molecule is CCN(CC)c1ccc(NC(=O)C(C)(C)C(=O)Nc2cc(C)on2)cc1. The lowest BCUT2D eigenvalue weighted by molar-refractivity contribution is -0.135. The molecule has 26 heavy (non-hydrogen) atoms. The van der Waals surface area contributed by atoms with Crippen LogP contribution in [0.15, 0.2) is 34.9 Å². The van der Waals surface area contributed by atoms with Crippen molar-refractivity contribution in [2.75, 3.05) is 28.6 Å². The van der Waals surface area contributed by atoms with Crippen LogP contribution < -0.4 is 15.5 Å². The number of nitrogens with zero attached hydrogens (tertiary/aromatic N) is 2. The van der Waals surface area contributed by atoms with Gasteiger partial charge in [0.25, 0.3) is 0 Å². The van der Waals surface area contributed by atoms with Crippen molar-refractivity contribution in [2.45, 2.75) is 34.6 Å². The summed E-state index contributed by atoms with van der Waals surface area (Å²) >= 11 is 0. The third-order valence-corrected chi connectivity index (χ3v) is 4.26. The summed E-state index contributed by atoms with van der Waals surface area (Å²) in [6, 6.07) is 9.17. The normalized spacial score (nSPS) is 11.1. The summed E-state index contributed by atoms with van der Waals surface area (Å²) in [7, 11) is 0. The lowest BCUT2D eigenvalue weighted by Crippen LogP contribution is -2.41. The average Bonchev–Trinajstić information content (AvgIpc) is 3.02. The average molecular weight is 358 g/mol. The van der Waals surface area contributed by atoms with Gasteiger partial charge in [0.2, 0.25) is 11.8 Å². The van der Waals surface area contributed by atoms with Gasteiger partial charge in [-0.2, -0.15) is 0 Å². The first-order chi connectivity index (χ1) is 12.3. The van der Waals surface area contributed by atoms with E-state index in [9.17, 15) is 9.59 Å². The Labute approximate surface area is 153 Å². The molecule has 140 valence electrons. The molecule has 0 radical (unpaired) electrons. The fourth-order valence-electron chi connectivity index (χ4n) is 2.43. The number of carbonyl (C=O) groups excluding carboxylic acids is 2. The molecule has 1 aromatic carbocycles. The van der Waals surface area contributed by atoms with E-state index in [0.29, 0.717) is 11.4 Å². The quantitative estimate of drug-likeness (QED) is 0.741. The topological polar surface area (TPSA) is 87.5 Å². The molecule has 2 amide bonds. The molecule has 7 nitrogen and oxygen atoms in total.